The number of ether oxygens (including phenoxy) is 1. The summed E-state index contributed by atoms with van der Waals surface area (Å²) in [5.41, 5.74) is 2.04. The van der Waals surface area contributed by atoms with E-state index in [1.807, 2.05) is 6.92 Å². The van der Waals surface area contributed by atoms with Gasteiger partial charge in [-0.15, -0.1) is 13.2 Å². The third-order valence-corrected chi connectivity index (χ3v) is 6.97. The summed E-state index contributed by atoms with van der Waals surface area (Å²) in [5, 5.41) is 3.30. The molecule has 1 N–H and O–H groups in total. The topological polar surface area (TPSA) is 58.6 Å². The van der Waals surface area contributed by atoms with Crippen molar-refractivity contribution in [3.05, 3.63) is 93.8 Å². The van der Waals surface area contributed by atoms with Crippen LogP contribution in [0, 0.1) is 25.6 Å². The van der Waals surface area contributed by atoms with Crippen molar-refractivity contribution in [3.8, 4) is 5.75 Å². The largest absolute Gasteiger partial charge is 0.573 e. The number of piperidine rings is 1. The third-order valence-electron chi connectivity index (χ3n) is 6.56. The lowest BCUT2D eigenvalue weighted by Crippen LogP contribution is -2.46. The van der Waals surface area contributed by atoms with Crippen LogP contribution >= 0.6 is 11.6 Å². The molecule has 0 unspecified atom stereocenters. The number of likely N-dealkylation sites (tertiary alicyclic amines) is 1. The van der Waals surface area contributed by atoms with Gasteiger partial charge in [-0.2, -0.15) is 0 Å². The number of hydrogen-bond donors (Lipinski definition) is 1. The fourth-order valence-electron chi connectivity index (χ4n) is 4.73. The van der Waals surface area contributed by atoms with Crippen LogP contribution in [-0.4, -0.2) is 29.6 Å². The molecule has 10 heteroatoms. The molecule has 1 aliphatic heterocycles. The van der Waals surface area contributed by atoms with Gasteiger partial charge in [0.1, 0.15) is 11.6 Å². The lowest BCUT2D eigenvalue weighted by molar-refractivity contribution is -0.274. The SMILES string of the molecule is Cc1ccc(NC(=O)[C@H]2CCCN(C(=O)c3c(C)cccc3F)[C@H]2c2ccc(OC(F)(F)F)cc2)cc1Cl. The molecule has 4 rings (SSSR count). The zero-order valence-electron chi connectivity index (χ0n) is 20.6. The Morgan fingerprint density at radius 3 is 2.37 bits per heavy atom. The van der Waals surface area contributed by atoms with Crippen LogP contribution in [0.4, 0.5) is 23.2 Å². The highest BCUT2D eigenvalue weighted by Gasteiger charge is 2.41. The maximum atomic E-state index is 14.7. The Morgan fingerprint density at radius 1 is 1.03 bits per heavy atom. The first-order chi connectivity index (χ1) is 17.9. The van der Waals surface area contributed by atoms with Gasteiger partial charge in [-0.1, -0.05) is 41.9 Å². The lowest BCUT2D eigenvalue weighted by atomic mass is 9.83. The van der Waals surface area contributed by atoms with Crippen molar-refractivity contribution in [1.82, 2.24) is 4.90 Å². The van der Waals surface area contributed by atoms with E-state index in [4.69, 9.17) is 11.6 Å². The minimum Gasteiger partial charge on any atom is -0.406 e. The molecule has 5 nitrogen and oxygen atoms in total. The number of amides is 2. The average molecular weight is 549 g/mol. The van der Waals surface area contributed by atoms with Crippen LogP contribution in [0.1, 0.15) is 45.9 Å². The lowest BCUT2D eigenvalue weighted by Gasteiger charge is -2.41. The summed E-state index contributed by atoms with van der Waals surface area (Å²) in [6.45, 7) is 3.67. The number of carbonyl (C=O) groups excluding carboxylic acids is 2. The summed E-state index contributed by atoms with van der Waals surface area (Å²) in [4.78, 5) is 28.6. The molecule has 1 saturated heterocycles. The van der Waals surface area contributed by atoms with Gasteiger partial charge in [0.2, 0.25) is 5.91 Å². The van der Waals surface area contributed by atoms with Gasteiger partial charge in [0.05, 0.1) is 17.5 Å². The highest BCUT2D eigenvalue weighted by Crippen LogP contribution is 2.39. The monoisotopic (exact) mass is 548 g/mol. The molecule has 0 spiro atoms. The van der Waals surface area contributed by atoms with E-state index in [1.165, 1.54) is 29.2 Å². The number of nitrogens with one attached hydrogen (secondary N) is 1. The molecule has 0 radical (unpaired) electrons. The van der Waals surface area contributed by atoms with E-state index in [0.717, 1.165) is 17.7 Å². The number of rotatable bonds is 5. The Morgan fingerprint density at radius 2 is 1.74 bits per heavy atom. The Hall–Kier alpha value is -3.59. The number of benzene rings is 3. The number of nitrogens with zero attached hydrogens (tertiary/aromatic N) is 1. The average Bonchev–Trinajstić information content (AvgIpc) is 2.85. The molecule has 2 atom stereocenters. The molecule has 3 aromatic rings. The third kappa shape index (κ3) is 6.10. The number of anilines is 1. The van der Waals surface area contributed by atoms with Gasteiger partial charge in [0.25, 0.3) is 5.91 Å². The van der Waals surface area contributed by atoms with Crippen LogP contribution in [0.15, 0.2) is 60.7 Å². The highest BCUT2D eigenvalue weighted by molar-refractivity contribution is 6.31. The van der Waals surface area contributed by atoms with Crippen LogP contribution in [0.25, 0.3) is 0 Å². The van der Waals surface area contributed by atoms with E-state index in [2.05, 4.69) is 10.1 Å². The van der Waals surface area contributed by atoms with Gasteiger partial charge in [-0.25, -0.2) is 4.39 Å². The quantitative estimate of drug-likeness (QED) is 0.342. The van der Waals surface area contributed by atoms with E-state index < -0.39 is 41.7 Å². The van der Waals surface area contributed by atoms with E-state index in [-0.39, 0.29) is 12.1 Å². The van der Waals surface area contributed by atoms with Crippen LogP contribution in [0.5, 0.6) is 5.75 Å². The van der Waals surface area contributed by atoms with Gasteiger partial charge < -0.3 is 15.0 Å². The Bertz CT molecular complexity index is 1320. The highest BCUT2D eigenvalue weighted by atomic mass is 35.5. The molecular weight excluding hydrogens is 524 g/mol. The Balaban J connectivity index is 1.72. The molecular formula is C28H25ClF4N2O3. The zero-order valence-corrected chi connectivity index (χ0v) is 21.4. The number of carbonyl (C=O) groups is 2. The summed E-state index contributed by atoms with van der Waals surface area (Å²) in [7, 11) is 0. The normalized spacial score (nSPS) is 17.7. The van der Waals surface area contributed by atoms with Gasteiger partial charge in [-0.05, 0) is 73.7 Å². The van der Waals surface area contributed by atoms with Crippen molar-refractivity contribution in [1.29, 1.82) is 0 Å². The second-order valence-electron chi connectivity index (χ2n) is 9.19. The predicted molar refractivity (Wildman–Crippen MR) is 136 cm³/mol. The molecule has 2 amide bonds. The van der Waals surface area contributed by atoms with Crippen LogP contribution in [0.2, 0.25) is 5.02 Å². The van der Waals surface area contributed by atoms with Crippen molar-refractivity contribution in [3.63, 3.8) is 0 Å². The van der Waals surface area contributed by atoms with Crippen LogP contribution in [-0.2, 0) is 4.79 Å². The van der Waals surface area contributed by atoms with Crippen LogP contribution in [0.3, 0.4) is 0 Å². The first-order valence-corrected chi connectivity index (χ1v) is 12.3. The molecule has 0 aliphatic carbocycles. The minimum atomic E-state index is -4.87. The maximum Gasteiger partial charge on any atom is 0.573 e. The van der Waals surface area contributed by atoms with Crippen LogP contribution < -0.4 is 10.1 Å². The van der Waals surface area contributed by atoms with Gasteiger partial charge in [-0.3, -0.25) is 9.59 Å². The first-order valence-electron chi connectivity index (χ1n) is 11.9. The molecule has 0 bridgehead atoms. The molecule has 0 saturated carbocycles. The molecule has 1 fully saturated rings. The first kappa shape index (κ1) is 27.4. The standard InChI is InChI=1S/C28H25ClF4N2O3/c1-16-8-11-19(15-22(16)29)34-26(36)21-6-4-14-35(27(37)24-17(2)5-3-7-23(24)30)25(21)18-9-12-20(13-10-18)38-28(31,32)33/h3,5,7-13,15,21,25H,4,6,14H2,1-2H3,(H,34,36)/t21-,25-/m0/s1. The molecule has 0 aromatic heterocycles. The summed E-state index contributed by atoms with van der Waals surface area (Å²) >= 11 is 6.20. The fraction of sp³-hybridized carbons (Fsp3) is 0.286. The Kier molecular flexibility index (Phi) is 7.97. The van der Waals surface area contributed by atoms with Crippen molar-refractivity contribution in [2.24, 2.45) is 5.92 Å². The smallest absolute Gasteiger partial charge is 0.406 e. The molecule has 200 valence electrons. The minimum absolute atomic E-state index is 0.110. The van der Waals surface area contributed by atoms with Crippen molar-refractivity contribution in [2.75, 3.05) is 11.9 Å². The molecule has 38 heavy (non-hydrogen) atoms. The van der Waals surface area contributed by atoms with E-state index in [0.29, 0.717) is 34.7 Å². The molecule has 3 aromatic carbocycles. The van der Waals surface area contributed by atoms with Crippen molar-refractivity contribution in [2.45, 2.75) is 39.1 Å². The zero-order chi connectivity index (χ0) is 27.6. The fourth-order valence-corrected chi connectivity index (χ4v) is 4.91. The number of aryl methyl sites for hydroxylation is 2. The van der Waals surface area contributed by atoms with E-state index in [1.54, 1.807) is 31.2 Å². The van der Waals surface area contributed by atoms with Gasteiger partial charge in [0, 0.05) is 17.3 Å². The summed E-state index contributed by atoms with van der Waals surface area (Å²) in [6, 6.07) is 13.5. The van der Waals surface area contributed by atoms with Gasteiger partial charge in [0.15, 0.2) is 0 Å². The summed E-state index contributed by atoms with van der Waals surface area (Å²) in [5.74, 6) is -2.89. The summed E-state index contributed by atoms with van der Waals surface area (Å²) < 4.78 is 56.8. The predicted octanol–water partition coefficient (Wildman–Crippen LogP) is 7.23. The molecule has 1 heterocycles. The van der Waals surface area contributed by atoms with Crippen molar-refractivity contribution < 1.29 is 31.9 Å². The van der Waals surface area contributed by atoms with Crippen molar-refractivity contribution >= 4 is 29.1 Å². The second kappa shape index (κ2) is 11.0. The second-order valence-corrected chi connectivity index (χ2v) is 9.60. The van der Waals surface area contributed by atoms with Gasteiger partial charge >= 0.3 is 6.36 Å². The number of hydrogen-bond acceptors (Lipinski definition) is 3. The Labute approximate surface area is 222 Å². The number of alkyl halides is 3. The number of halogens is 5. The molecule has 1 aliphatic rings. The van der Waals surface area contributed by atoms with E-state index >= 15 is 0 Å². The van der Waals surface area contributed by atoms with E-state index in [9.17, 15) is 27.2 Å². The maximum absolute atomic E-state index is 14.7. The summed E-state index contributed by atoms with van der Waals surface area (Å²) in [6.07, 6.45) is -4.00.